The highest BCUT2D eigenvalue weighted by molar-refractivity contribution is 14.0. The first-order chi connectivity index (χ1) is 9.88. The van der Waals surface area contributed by atoms with E-state index in [0.717, 1.165) is 5.69 Å². The van der Waals surface area contributed by atoms with Gasteiger partial charge in [-0.1, -0.05) is 6.07 Å². The van der Waals surface area contributed by atoms with Crippen LogP contribution in [0.2, 0.25) is 0 Å². The Labute approximate surface area is 149 Å². The van der Waals surface area contributed by atoms with Crippen LogP contribution < -0.4 is 11.1 Å². The van der Waals surface area contributed by atoms with Crippen LogP contribution in [0.25, 0.3) is 0 Å². The highest BCUT2D eigenvalue weighted by Crippen LogP contribution is 2.14. The molecule has 3 N–H and O–H groups in total. The fraction of sp³-hybridized carbons (Fsp3) is 0.500. The van der Waals surface area contributed by atoms with Crippen molar-refractivity contribution in [2.45, 2.75) is 20.3 Å². The van der Waals surface area contributed by atoms with Gasteiger partial charge in [0.2, 0.25) is 10.0 Å². The minimum Gasteiger partial charge on any atom is -0.370 e. The lowest BCUT2D eigenvalue weighted by Crippen LogP contribution is -2.30. The van der Waals surface area contributed by atoms with Crippen molar-refractivity contribution in [2.75, 3.05) is 30.7 Å². The number of hydrogen-bond donors (Lipinski definition) is 2. The van der Waals surface area contributed by atoms with Gasteiger partial charge in [0.05, 0.1) is 12.3 Å². The van der Waals surface area contributed by atoms with Crippen LogP contribution in [0.4, 0.5) is 5.69 Å². The van der Waals surface area contributed by atoms with Crippen LogP contribution in [-0.4, -0.2) is 44.1 Å². The summed E-state index contributed by atoms with van der Waals surface area (Å²) in [4.78, 5) is 4.18. The first-order valence-corrected chi connectivity index (χ1v) is 8.61. The highest BCUT2D eigenvalue weighted by atomic mass is 127. The molecule has 1 aliphatic rings. The van der Waals surface area contributed by atoms with Crippen LogP contribution >= 0.6 is 24.0 Å². The summed E-state index contributed by atoms with van der Waals surface area (Å²) in [7, 11) is -3.05. The summed E-state index contributed by atoms with van der Waals surface area (Å²) in [6.07, 6.45) is 0.697. The predicted molar refractivity (Wildman–Crippen MR) is 101 cm³/mol. The Morgan fingerprint density at radius 3 is 2.68 bits per heavy atom. The smallest absolute Gasteiger partial charge is 0.214 e. The minimum atomic E-state index is -3.05. The van der Waals surface area contributed by atoms with E-state index in [9.17, 15) is 8.42 Å². The normalized spacial score (nSPS) is 18.0. The first-order valence-electron chi connectivity index (χ1n) is 7.00. The van der Waals surface area contributed by atoms with Crippen molar-refractivity contribution in [1.82, 2.24) is 4.31 Å². The van der Waals surface area contributed by atoms with Gasteiger partial charge in [0.1, 0.15) is 0 Å². The van der Waals surface area contributed by atoms with E-state index in [1.54, 1.807) is 0 Å². The second-order valence-corrected chi connectivity index (χ2v) is 7.35. The Kier molecular flexibility index (Phi) is 7.07. The van der Waals surface area contributed by atoms with Gasteiger partial charge in [-0.15, -0.1) is 24.0 Å². The molecule has 0 atom stereocenters. The summed E-state index contributed by atoms with van der Waals surface area (Å²) in [6, 6.07) is 5.96. The van der Waals surface area contributed by atoms with Gasteiger partial charge in [0.25, 0.3) is 0 Å². The van der Waals surface area contributed by atoms with Crippen molar-refractivity contribution in [3.8, 4) is 0 Å². The third-order valence-corrected chi connectivity index (χ3v) is 5.57. The Morgan fingerprint density at radius 2 is 2.09 bits per heavy atom. The second-order valence-electron chi connectivity index (χ2n) is 5.26. The number of aliphatic imine (C=N–C) groups is 1. The van der Waals surface area contributed by atoms with E-state index in [1.165, 1.54) is 15.4 Å². The molecule has 1 heterocycles. The van der Waals surface area contributed by atoms with Gasteiger partial charge in [-0.25, -0.2) is 12.7 Å². The van der Waals surface area contributed by atoms with Crippen molar-refractivity contribution >= 4 is 45.6 Å². The van der Waals surface area contributed by atoms with E-state index in [-0.39, 0.29) is 29.7 Å². The SMILES string of the molecule is Cc1ccc(NC(N)=NCCN2CCCS2(=O)=O)cc1C.I. The van der Waals surface area contributed by atoms with Crippen LogP contribution in [0.15, 0.2) is 23.2 Å². The van der Waals surface area contributed by atoms with E-state index < -0.39 is 10.0 Å². The molecule has 0 bridgehead atoms. The second kappa shape index (κ2) is 8.11. The molecular formula is C14H23IN4O2S. The number of nitrogens with one attached hydrogen (secondary N) is 1. The fourth-order valence-electron chi connectivity index (χ4n) is 2.23. The average molecular weight is 438 g/mol. The molecule has 124 valence electrons. The van der Waals surface area contributed by atoms with Crippen molar-refractivity contribution in [2.24, 2.45) is 10.7 Å². The molecule has 0 radical (unpaired) electrons. The molecule has 8 heteroatoms. The van der Waals surface area contributed by atoms with Crippen LogP contribution in [-0.2, 0) is 10.0 Å². The number of anilines is 1. The molecule has 0 aromatic heterocycles. The maximum absolute atomic E-state index is 11.6. The third kappa shape index (κ3) is 5.10. The molecule has 0 amide bonds. The van der Waals surface area contributed by atoms with E-state index in [1.807, 2.05) is 32.0 Å². The summed E-state index contributed by atoms with van der Waals surface area (Å²) < 4.78 is 24.7. The molecule has 0 aliphatic carbocycles. The number of sulfonamides is 1. The minimum absolute atomic E-state index is 0. The standard InChI is InChI=1S/C14H22N4O2S.HI/c1-11-4-5-13(10-12(11)2)17-14(15)16-6-8-18-7-3-9-21(18,19)20;/h4-5,10H,3,6-9H2,1-2H3,(H3,15,16,17);1H. The molecule has 6 nitrogen and oxygen atoms in total. The number of nitrogens with zero attached hydrogens (tertiary/aromatic N) is 2. The summed E-state index contributed by atoms with van der Waals surface area (Å²) >= 11 is 0. The zero-order chi connectivity index (χ0) is 15.5. The van der Waals surface area contributed by atoms with Gasteiger partial charge in [-0.05, 0) is 43.5 Å². The van der Waals surface area contributed by atoms with Crippen LogP contribution in [0.5, 0.6) is 0 Å². The Morgan fingerprint density at radius 1 is 1.36 bits per heavy atom. The third-order valence-electron chi connectivity index (χ3n) is 3.61. The monoisotopic (exact) mass is 438 g/mol. The Hall–Kier alpha value is -0.870. The van der Waals surface area contributed by atoms with Crippen molar-refractivity contribution in [3.05, 3.63) is 29.3 Å². The lowest BCUT2D eigenvalue weighted by molar-refractivity contribution is 0.452. The van der Waals surface area contributed by atoms with Gasteiger partial charge in [0.15, 0.2) is 5.96 Å². The van der Waals surface area contributed by atoms with Crippen molar-refractivity contribution in [3.63, 3.8) is 0 Å². The number of hydrogen-bond acceptors (Lipinski definition) is 3. The van der Waals surface area contributed by atoms with Gasteiger partial charge in [-0.2, -0.15) is 0 Å². The largest absolute Gasteiger partial charge is 0.370 e. The first kappa shape index (κ1) is 19.2. The summed E-state index contributed by atoms with van der Waals surface area (Å²) in [6.45, 7) is 5.42. The van der Waals surface area contributed by atoms with Crippen molar-refractivity contribution < 1.29 is 8.42 Å². The van der Waals surface area contributed by atoms with E-state index in [0.29, 0.717) is 32.0 Å². The molecule has 1 fully saturated rings. The summed E-state index contributed by atoms with van der Waals surface area (Å²) in [5.74, 6) is 0.544. The lowest BCUT2D eigenvalue weighted by atomic mass is 10.1. The van der Waals surface area contributed by atoms with Crippen LogP contribution in [0.3, 0.4) is 0 Å². The molecule has 1 saturated heterocycles. The van der Waals surface area contributed by atoms with Gasteiger partial charge in [0, 0.05) is 18.8 Å². The average Bonchev–Trinajstić information content (AvgIpc) is 2.73. The van der Waals surface area contributed by atoms with E-state index in [4.69, 9.17) is 5.73 Å². The Bertz CT molecular complexity index is 646. The number of guanidine groups is 1. The number of benzene rings is 1. The Balaban J connectivity index is 0.00000242. The van der Waals surface area contributed by atoms with E-state index >= 15 is 0 Å². The predicted octanol–water partition coefficient (Wildman–Crippen LogP) is 1.68. The maximum Gasteiger partial charge on any atom is 0.214 e. The number of rotatable bonds is 4. The van der Waals surface area contributed by atoms with Crippen LogP contribution in [0, 0.1) is 13.8 Å². The molecule has 0 unspecified atom stereocenters. The molecule has 0 saturated carbocycles. The summed E-state index contributed by atoms with van der Waals surface area (Å²) in [5.41, 5.74) is 9.09. The topological polar surface area (TPSA) is 87.8 Å². The molecule has 22 heavy (non-hydrogen) atoms. The maximum atomic E-state index is 11.6. The zero-order valence-corrected chi connectivity index (χ0v) is 16.0. The molecule has 0 spiro atoms. The zero-order valence-electron chi connectivity index (χ0n) is 12.9. The lowest BCUT2D eigenvalue weighted by Gasteiger charge is -2.13. The van der Waals surface area contributed by atoms with Crippen molar-refractivity contribution in [1.29, 1.82) is 0 Å². The number of nitrogens with two attached hydrogens (primary N) is 1. The molecular weight excluding hydrogens is 415 g/mol. The number of halogens is 1. The van der Waals surface area contributed by atoms with Gasteiger partial charge in [-0.3, -0.25) is 4.99 Å². The number of aryl methyl sites for hydroxylation is 2. The highest BCUT2D eigenvalue weighted by Gasteiger charge is 2.27. The van der Waals surface area contributed by atoms with Gasteiger partial charge < -0.3 is 11.1 Å². The van der Waals surface area contributed by atoms with E-state index in [2.05, 4.69) is 10.3 Å². The quantitative estimate of drug-likeness (QED) is 0.426. The summed E-state index contributed by atoms with van der Waals surface area (Å²) in [5, 5.41) is 3.02. The molecule has 2 rings (SSSR count). The van der Waals surface area contributed by atoms with Gasteiger partial charge >= 0.3 is 0 Å². The molecule has 1 aromatic rings. The fourth-order valence-corrected chi connectivity index (χ4v) is 3.75. The molecule has 1 aliphatic heterocycles. The molecule has 1 aromatic carbocycles. The van der Waals surface area contributed by atoms with Crippen LogP contribution in [0.1, 0.15) is 17.5 Å².